The predicted molar refractivity (Wildman–Crippen MR) is 83.5 cm³/mol. The third-order valence-corrected chi connectivity index (χ3v) is 3.68. The molecule has 0 bridgehead atoms. The van der Waals surface area contributed by atoms with Crippen LogP contribution in [-0.2, 0) is 10.4 Å². The minimum atomic E-state index is -1.96. The van der Waals surface area contributed by atoms with Crippen LogP contribution in [0.1, 0.15) is 25.0 Å². The zero-order valence-electron chi connectivity index (χ0n) is 11.7. The van der Waals surface area contributed by atoms with E-state index in [1.807, 2.05) is 13.8 Å². The van der Waals surface area contributed by atoms with Crippen LogP contribution in [0.4, 0.5) is 0 Å². The van der Waals surface area contributed by atoms with Crippen LogP contribution in [-0.4, -0.2) is 22.0 Å². The molecule has 0 aliphatic carbocycles. The third kappa shape index (κ3) is 2.93. The molecule has 0 radical (unpaired) electrons. The Kier molecular flexibility index (Phi) is 4.61. The largest absolute Gasteiger partial charge is 0.372 e. The molecule has 4 nitrogen and oxygen atoms in total. The molecule has 0 saturated carbocycles. The van der Waals surface area contributed by atoms with Crippen LogP contribution in [0.15, 0.2) is 36.5 Å². The minimum absolute atomic E-state index is 0.130. The fourth-order valence-corrected chi connectivity index (χ4v) is 2.77. The zero-order chi connectivity index (χ0) is 15.6. The molecule has 1 atom stereocenters. The molecule has 0 aliphatic heterocycles. The molecule has 0 aliphatic rings. The lowest BCUT2D eigenvalue weighted by Gasteiger charge is -2.28. The van der Waals surface area contributed by atoms with Gasteiger partial charge in [0.1, 0.15) is 5.15 Å². The van der Waals surface area contributed by atoms with E-state index < -0.39 is 11.5 Å². The highest BCUT2D eigenvalue weighted by Gasteiger charge is 2.44. The van der Waals surface area contributed by atoms with Crippen LogP contribution >= 0.6 is 23.2 Å². The summed E-state index contributed by atoms with van der Waals surface area (Å²) < 4.78 is 0. The second-order valence-corrected chi connectivity index (χ2v) is 5.82. The number of benzene rings is 1. The highest BCUT2D eigenvalue weighted by atomic mass is 35.5. The summed E-state index contributed by atoms with van der Waals surface area (Å²) in [5, 5.41) is 14.2. The van der Waals surface area contributed by atoms with Crippen molar-refractivity contribution >= 4 is 29.1 Å². The average molecular weight is 327 g/mol. The molecule has 1 aromatic heterocycles. The summed E-state index contributed by atoms with van der Waals surface area (Å²) in [6, 6.07) is 8.43. The SMILES string of the molecule is CC(C)NC(=O)C(O)(c1ccccc1)c1c(Cl)c[nH]c1Cl. The van der Waals surface area contributed by atoms with Crippen molar-refractivity contribution in [3.63, 3.8) is 0 Å². The van der Waals surface area contributed by atoms with E-state index in [1.54, 1.807) is 30.3 Å². The maximum Gasteiger partial charge on any atom is 0.261 e. The van der Waals surface area contributed by atoms with Crippen LogP contribution in [0.3, 0.4) is 0 Å². The lowest BCUT2D eigenvalue weighted by atomic mass is 9.86. The quantitative estimate of drug-likeness (QED) is 0.808. The summed E-state index contributed by atoms with van der Waals surface area (Å²) in [5.41, 5.74) is -1.42. The van der Waals surface area contributed by atoms with Crippen LogP contribution in [0.5, 0.6) is 0 Å². The first-order valence-corrected chi connectivity index (χ1v) is 7.24. The number of carbonyl (C=O) groups is 1. The molecule has 3 N–H and O–H groups in total. The van der Waals surface area contributed by atoms with Gasteiger partial charge in [0.05, 0.1) is 10.6 Å². The molecule has 6 heteroatoms. The molecule has 2 rings (SSSR count). The first kappa shape index (κ1) is 15.9. The summed E-state index contributed by atoms with van der Waals surface area (Å²) in [5.74, 6) is -0.577. The third-order valence-electron chi connectivity index (χ3n) is 3.09. The van der Waals surface area contributed by atoms with Crippen LogP contribution in [0, 0.1) is 0 Å². The zero-order valence-corrected chi connectivity index (χ0v) is 13.2. The smallest absolute Gasteiger partial charge is 0.261 e. The minimum Gasteiger partial charge on any atom is -0.372 e. The molecule has 1 heterocycles. The number of H-pyrrole nitrogens is 1. The van der Waals surface area contributed by atoms with Crippen molar-refractivity contribution in [2.45, 2.75) is 25.5 Å². The van der Waals surface area contributed by atoms with Gasteiger partial charge in [-0.3, -0.25) is 4.79 Å². The van der Waals surface area contributed by atoms with Gasteiger partial charge in [-0.05, 0) is 19.4 Å². The number of aromatic nitrogens is 1. The van der Waals surface area contributed by atoms with Gasteiger partial charge in [-0.1, -0.05) is 53.5 Å². The van der Waals surface area contributed by atoms with Crippen LogP contribution in [0.25, 0.3) is 0 Å². The standard InChI is InChI=1S/C15H16Cl2N2O2/c1-9(2)19-14(20)15(21,10-6-4-3-5-7-10)12-11(16)8-18-13(12)17/h3-9,18,21H,1-2H3,(H,19,20). The van der Waals surface area contributed by atoms with E-state index in [9.17, 15) is 9.90 Å². The first-order chi connectivity index (χ1) is 9.87. The van der Waals surface area contributed by atoms with E-state index in [0.29, 0.717) is 5.56 Å². The number of hydrogen-bond acceptors (Lipinski definition) is 2. The molecule has 0 fully saturated rings. The topological polar surface area (TPSA) is 65.1 Å². The molecule has 2 aromatic rings. The molecule has 112 valence electrons. The Hall–Kier alpha value is -1.49. The van der Waals surface area contributed by atoms with E-state index in [1.165, 1.54) is 6.20 Å². The second-order valence-electron chi connectivity index (χ2n) is 5.03. The summed E-state index contributed by atoms with van der Waals surface area (Å²) in [6.07, 6.45) is 1.44. The number of aliphatic hydroxyl groups is 1. The van der Waals surface area contributed by atoms with Crippen molar-refractivity contribution in [2.75, 3.05) is 0 Å². The normalized spacial score (nSPS) is 14.0. The first-order valence-electron chi connectivity index (χ1n) is 6.49. The van der Waals surface area contributed by atoms with Crippen molar-refractivity contribution in [3.8, 4) is 0 Å². The number of rotatable bonds is 4. The van der Waals surface area contributed by atoms with Crippen LogP contribution in [0.2, 0.25) is 10.2 Å². The average Bonchev–Trinajstić information content (AvgIpc) is 2.78. The van der Waals surface area contributed by atoms with Gasteiger partial charge in [-0.2, -0.15) is 0 Å². The lowest BCUT2D eigenvalue weighted by molar-refractivity contribution is -0.137. The molecular weight excluding hydrogens is 311 g/mol. The van der Waals surface area contributed by atoms with Crippen molar-refractivity contribution in [3.05, 3.63) is 57.8 Å². The monoisotopic (exact) mass is 326 g/mol. The van der Waals surface area contributed by atoms with Crippen molar-refractivity contribution in [2.24, 2.45) is 0 Å². The Morgan fingerprint density at radius 2 is 1.90 bits per heavy atom. The Labute approximate surface area is 133 Å². The Bertz CT molecular complexity index is 621. The Morgan fingerprint density at radius 1 is 1.29 bits per heavy atom. The van der Waals surface area contributed by atoms with Crippen LogP contribution < -0.4 is 5.32 Å². The number of halogens is 2. The molecule has 21 heavy (non-hydrogen) atoms. The summed E-state index contributed by atoms with van der Waals surface area (Å²) in [4.78, 5) is 15.3. The maximum absolute atomic E-state index is 12.6. The number of nitrogens with one attached hydrogen (secondary N) is 2. The number of aromatic amines is 1. The van der Waals surface area contributed by atoms with Gasteiger partial charge >= 0.3 is 0 Å². The molecule has 1 aromatic carbocycles. The summed E-state index contributed by atoms with van der Waals surface area (Å²) in [7, 11) is 0. The lowest BCUT2D eigenvalue weighted by Crippen LogP contribution is -2.47. The van der Waals surface area contributed by atoms with Gasteiger partial charge in [0, 0.05) is 12.2 Å². The highest BCUT2D eigenvalue weighted by molar-refractivity contribution is 6.36. The number of amides is 1. The van der Waals surface area contributed by atoms with E-state index >= 15 is 0 Å². The molecule has 0 spiro atoms. The van der Waals surface area contributed by atoms with Gasteiger partial charge in [-0.15, -0.1) is 0 Å². The Balaban J connectivity index is 2.63. The molecule has 1 unspecified atom stereocenters. The summed E-state index contributed by atoms with van der Waals surface area (Å²) >= 11 is 12.2. The van der Waals surface area contributed by atoms with E-state index in [4.69, 9.17) is 23.2 Å². The van der Waals surface area contributed by atoms with Crippen molar-refractivity contribution in [1.82, 2.24) is 10.3 Å². The van der Waals surface area contributed by atoms with E-state index in [2.05, 4.69) is 10.3 Å². The van der Waals surface area contributed by atoms with Gasteiger partial charge in [-0.25, -0.2) is 0 Å². The number of carbonyl (C=O) groups excluding carboxylic acids is 1. The fourth-order valence-electron chi connectivity index (χ4n) is 2.14. The Morgan fingerprint density at radius 3 is 2.38 bits per heavy atom. The van der Waals surface area contributed by atoms with Crippen molar-refractivity contribution < 1.29 is 9.90 Å². The number of hydrogen-bond donors (Lipinski definition) is 3. The van der Waals surface area contributed by atoms with Crippen molar-refractivity contribution in [1.29, 1.82) is 0 Å². The maximum atomic E-state index is 12.6. The van der Waals surface area contributed by atoms with Gasteiger partial charge < -0.3 is 15.4 Å². The van der Waals surface area contributed by atoms with Gasteiger partial charge in [0.25, 0.3) is 5.91 Å². The summed E-state index contributed by atoms with van der Waals surface area (Å²) in [6.45, 7) is 3.62. The predicted octanol–water partition coefficient (Wildman–Crippen LogP) is 3.08. The van der Waals surface area contributed by atoms with E-state index in [-0.39, 0.29) is 21.8 Å². The molecular formula is C15H16Cl2N2O2. The van der Waals surface area contributed by atoms with E-state index in [0.717, 1.165) is 0 Å². The highest BCUT2D eigenvalue weighted by Crippen LogP contribution is 2.39. The fraction of sp³-hybridized carbons (Fsp3) is 0.267. The second kappa shape index (κ2) is 6.10. The molecule has 1 amide bonds. The van der Waals surface area contributed by atoms with Gasteiger partial charge in [0.2, 0.25) is 0 Å². The van der Waals surface area contributed by atoms with Gasteiger partial charge in [0.15, 0.2) is 5.60 Å². The molecule has 0 saturated heterocycles.